The molecule has 0 atom stereocenters. The summed E-state index contributed by atoms with van der Waals surface area (Å²) in [7, 11) is -3.81. The quantitative estimate of drug-likeness (QED) is 0.871. The molecule has 19 heavy (non-hydrogen) atoms. The fourth-order valence-corrected chi connectivity index (χ4v) is 2.76. The van der Waals surface area contributed by atoms with Crippen LogP contribution in [0.2, 0.25) is 5.02 Å². The van der Waals surface area contributed by atoms with Crippen molar-refractivity contribution in [3.8, 4) is 0 Å². The largest absolute Gasteiger partial charge is 0.268 e. The molecule has 100 valence electrons. The minimum absolute atomic E-state index is 0.00583. The fraction of sp³-hybridized carbons (Fsp3) is 0. The van der Waals surface area contributed by atoms with Crippen LogP contribution in [0.25, 0.3) is 0 Å². The summed E-state index contributed by atoms with van der Waals surface area (Å²) in [4.78, 5) is 10.8. The Hall–Kier alpha value is -1.38. The van der Waals surface area contributed by atoms with Crippen LogP contribution in [0.1, 0.15) is 0 Å². The highest BCUT2D eigenvalue weighted by Crippen LogP contribution is 2.25. The third kappa shape index (κ3) is 3.34. The molecule has 0 saturated heterocycles. The zero-order valence-corrected chi connectivity index (χ0v) is 12.4. The summed E-state index contributed by atoms with van der Waals surface area (Å²) in [5.41, 5.74) is -0.422. The SMILES string of the molecule is O=c1ccc(NS(=O)(=O)c2ccc(Br)c(Cl)c2)n[nH]1. The molecular formula is C10H7BrClN3O3S. The van der Waals surface area contributed by atoms with Gasteiger partial charge in [-0.1, -0.05) is 11.6 Å². The summed E-state index contributed by atoms with van der Waals surface area (Å²) in [5.74, 6) is 0.0126. The molecule has 2 aromatic rings. The first-order valence-electron chi connectivity index (χ1n) is 4.92. The number of halogens is 2. The lowest BCUT2D eigenvalue weighted by Crippen LogP contribution is -2.16. The minimum atomic E-state index is -3.81. The van der Waals surface area contributed by atoms with Crippen molar-refractivity contribution in [2.75, 3.05) is 4.72 Å². The number of H-pyrrole nitrogens is 1. The van der Waals surface area contributed by atoms with E-state index in [-0.39, 0.29) is 15.7 Å². The molecule has 0 aliphatic carbocycles. The van der Waals surface area contributed by atoms with E-state index in [1.807, 2.05) is 0 Å². The van der Waals surface area contributed by atoms with Gasteiger partial charge in [-0.3, -0.25) is 9.52 Å². The summed E-state index contributed by atoms with van der Waals surface area (Å²) >= 11 is 9.01. The van der Waals surface area contributed by atoms with Crippen LogP contribution in [-0.2, 0) is 10.0 Å². The van der Waals surface area contributed by atoms with Crippen LogP contribution in [0.5, 0.6) is 0 Å². The molecule has 0 bridgehead atoms. The molecule has 0 spiro atoms. The highest BCUT2D eigenvalue weighted by Gasteiger charge is 2.16. The maximum absolute atomic E-state index is 12.0. The van der Waals surface area contributed by atoms with Crippen LogP contribution < -0.4 is 10.3 Å². The molecule has 2 rings (SSSR count). The molecule has 0 fully saturated rings. The molecule has 1 aromatic heterocycles. The maximum atomic E-state index is 12.0. The van der Waals surface area contributed by atoms with Gasteiger partial charge in [0.15, 0.2) is 5.82 Å². The van der Waals surface area contributed by atoms with Gasteiger partial charge in [0.1, 0.15) is 0 Å². The lowest BCUT2D eigenvalue weighted by molar-refractivity contribution is 0.601. The van der Waals surface area contributed by atoms with Crippen LogP contribution in [0.4, 0.5) is 5.82 Å². The average molecular weight is 365 g/mol. The number of anilines is 1. The first-order chi connectivity index (χ1) is 8.88. The molecule has 0 aliphatic rings. The maximum Gasteiger partial charge on any atom is 0.264 e. The Bertz CT molecular complexity index is 755. The number of hydrogen-bond donors (Lipinski definition) is 2. The van der Waals surface area contributed by atoms with Gasteiger partial charge in [-0.25, -0.2) is 13.5 Å². The average Bonchev–Trinajstić information content (AvgIpc) is 2.35. The second-order valence-electron chi connectivity index (χ2n) is 3.49. The third-order valence-electron chi connectivity index (χ3n) is 2.12. The van der Waals surface area contributed by atoms with E-state index in [4.69, 9.17) is 11.6 Å². The van der Waals surface area contributed by atoms with Crippen LogP contribution in [0.3, 0.4) is 0 Å². The predicted octanol–water partition coefficient (Wildman–Crippen LogP) is 1.99. The number of aromatic nitrogens is 2. The Morgan fingerprint density at radius 1 is 1.26 bits per heavy atom. The highest BCUT2D eigenvalue weighted by atomic mass is 79.9. The van der Waals surface area contributed by atoms with Gasteiger partial charge < -0.3 is 0 Å². The van der Waals surface area contributed by atoms with E-state index in [1.54, 1.807) is 0 Å². The number of hydrogen-bond acceptors (Lipinski definition) is 4. The van der Waals surface area contributed by atoms with E-state index in [9.17, 15) is 13.2 Å². The van der Waals surface area contributed by atoms with Crippen molar-refractivity contribution in [2.24, 2.45) is 0 Å². The standard InChI is InChI=1S/C10H7BrClN3O3S/c11-7-2-1-6(5-8(7)12)19(17,18)15-9-3-4-10(16)14-13-9/h1-5H,(H,13,15)(H,14,16). The van der Waals surface area contributed by atoms with Gasteiger partial charge in [-0.2, -0.15) is 5.10 Å². The first kappa shape index (κ1) is 14.0. The highest BCUT2D eigenvalue weighted by molar-refractivity contribution is 9.10. The molecule has 0 saturated carbocycles. The van der Waals surface area contributed by atoms with Gasteiger partial charge in [-0.15, -0.1) is 0 Å². The van der Waals surface area contributed by atoms with Crippen molar-refractivity contribution in [3.63, 3.8) is 0 Å². The van der Waals surface area contributed by atoms with E-state index in [2.05, 4.69) is 30.8 Å². The van der Waals surface area contributed by atoms with Crippen LogP contribution in [-0.4, -0.2) is 18.6 Å². The smallest absolute Gasteiger partial charge is 0.264 e. The number of nitrogens with zero attached hydrogens (tertiary/aromatic N) is 1. The number of sulfonamides is 1. The third-order valence-corrected chi connectivity index (χ3v) is 4.70. The number of nitrogens with one attached hydrogen (secondary N) is 2. The molecule has 1 heterocycles. The summed E-state index contributed by atoms with van der Waals surface area (Å²) in [6.07, 6.45) is 0. The molecule has 2 N–H and O–H groups in total. The van der Waals surface area contributed by atoms with Crippen molar-refractivity contribution in [1.29, 1.82) is 0 Å². The molecule has 0 amide bonds. The molecule has 6 nitrogen and oxygen atoms in total. The van der Waals surface area contributed by atoms with Gasteiger partial charge in [0.05, 0.1) is 9.92 Å². The predicted molar refractivity (Wildman–Crippen MR) is 74.8 cm³/mol. The van der Waals surface area contributed by atoms with Gasteiger partial charge >= 0.3 is 0 Å². The zero-order valence-electron chi connectivity index (χ0n) is 9.22. The molecule has 0 aliphatic heterocycles. The van der Waals surface area contributed by atoms with Crippen molar-refractivity contribution in [3.05, 3.63) is 50.2 Å². The van der Waals surface area contributed by atoms with E-state index in [1.165, 1.54) is 30.3 Å². The molecule has 0 unspecified atom stereocenters. The number of rotatable bonds is 3. The Morgan fingerprint density at radius 2 is 2.00 bits per heavy atom. The van der Waals surface area contributed by atoms with Gasteiger partial charge in [0, 0.05) is 10.5 Å². The van der Waals surface area contributed by atoms with E-state index in [0.717, 1.165) is 0 Å². The van der Waals surface area contributed by atoms with Crippen LogP contribution in [0, 0.1) is 0 Å². The molecule has 0 radical (unpaired) electrons. The van der Waals surface area contributed by atoms with E-state index in [0.29, 0.717) is 4.47 Å². The van der Waals surface area contributed by atoms with Crippen LogP contribution in [0.15, 0.2) is 44.5 Å². The molecular weight excluding hydrogens is 358 g/mol. The normalized spacial score (nSPS) is 11.3. The summed E-state index contributed by atoms with van der Waals surface area (Å²) in [6, 6.07) is 6.65. The fourth-order valence-electron chi connectivity index (χ4n) is 1.24. The Labute approximate surface area is 122 Å². The van der Waals surface area contributed by atoms with Gasteiger partial charge in [-0.05, 0) is 40.2 Å². The minimum Gasteiger partial charge on any atom is -0.268 e. The number of aromatic amines is 1. The summed E-state index contributed by atoms with van der Waals surface area (Å²) < 4.78 is 26.9. The Balaban J connectivity index is 2.34. The number of benzene rings is 1. The zero-order chi connectivity index (χ0) is 14.0. The Kier molecular flexibility index (Phi) is 3.93. The molecule has 9 heteroatoms. The van der Waals surface area contributed by atoms with Crippen molar-refractivity contribution >= 4 is 43.4 Å². The topological polar surface area (TPSA) is 91.9 Å². The second-order valence-corrected chi connectivity index (χ2v) is 6.43. The lowest BCUT2D eigenvalue weighted by atomic mass is 10.4. The summed E-state index contributed by atoms with van der Waals surface area (Å²) in [6.45, 7) is 0. The van der Waals surface area contributed by atoms with Crippen LogP contribution >= 0.6 is 27.5 Å². The van der Waals surface area contributed by atoms with E-state index < -0.39 is 15.6 Å². The monoisotopic (exact) mass is 363 g/mol. The molecule has 1 aromatic carbocycles. The Morgan fingerprint density at radius 3 is 2.58 bits per heavy atom. The van der Waals surface area contributed by atoms with Gasteiger partial charge in [0.25, 0.3) is 15.6 Å². The van der Waals surface area contributed by atoms with E-state index >= 15 is 0 Å². The lowest BCUT2D eigenvalue weighted by Gasteiger charge is -2.07. The first-order valence-corrected chi connectivity index (χ1v) is 7.57. The van der Waals surface area contributed by atoms with Crippen molar-refractivity contribution in [2.45, 2.75) is 4.90 Å². The summed E-state index contributed by atoms with van der Waals surface area (Å²) in [5, 5.41) is 5.96. The van der Waals surface area contributed by atoms with Gasteiger partial charge in [0.2, 0.25) is 0 Å². The van der Waals surface area contributed by atoms with Crippen molar-refractivity contribution < 1.29 is 8.42 Å². The second kappa shape index (κ2) is 5.32. The van der Waals surface area contributed by atoms with Crippen molar-refractivity contribution in [1.82, 2.24) is 10.2 Å².